The third kappa shape index (κ3) is 8.69. The highest BCUT2D eigenvalue weighted by Crippen LogP contribution is 2.09. The molecule has 0 radical (unpaired) electrons. The molecule has 0 aliphatic carbocycles. The van der Waals surface area contributed by atoms with E-state index in [4.69, 9.17) is 16.7 Å². The second kappa shape index (κ2) is 9.69. The topological polar surface area (TPSA) is 20.2 Å². The first-order valence-electron chi connectivity index (χ1n) is 4.63. The van der Waals surface area contributed by atoms with Crippen molar-refractivity contribution in [1.82, 2.24) is 0 Å². The lowest BCUT2D eigenvalue weighted by Gasteiger charge is -2.05. The van der Waals surface area contributed by atoms with Crippen molar-refractivity contribution in [3.8, 4) is 0 Å². The number of rotatable bonds is 8. The number of thioether (sulfide) groups is 1. The minimum absolute atomic E-state index is 0.317. The van der Waals surface area contributed by atoms with Gasteiger partial charge in [-0.05, 0) is 12.2 Å². The monoisotopic (exact) mass is 210 g/mol. The molecule has 0 saturated carbocycles. The summed E-state index contributed by atoms with van der Waals surface area (Å²) in [4.78, 5) is 0. The van der Waals surface area contributed by atoms with Gasteiger partial charge in [0.1, 0.15) is 0 Å². The van der Waals surface area contributed by atoms with E-state index in [0.29, 0.717) is 5.88 Å². The standard InChI is InChI=1S/C9H19ClOS/c1-2-3-4-5-6-12-8-9(11)7-10/h9,11H,2-8H2,1H3/t9-/m0/s1. The lowest BCUT2D eigenvalue weighted by atomic mass is 10.2. The van der Waals surface area contributed by atoms with Crippen LogP contribution in [-0.2, 0) is 0 Å². The number of alkyl halides is 1. The van der Waals surface area contributed by atoms with Crippen LogP contribution in [0.25, 0.3) is 0 Å². The summed E-state index contributed by atoms with van der Waals surface area (Å²) in [6.45, 7) is 2.21. The van der Waals surface area contributed by atoms with Crippen molar-refractivity contribution in [2.24, 2.45) is 0 Å². The normalized spacial score (nSPS) is 13.2. The Morgan fingerprint density at radius 2 is 2.08 bits per heavy atom. The molecule has 1 nitrogen and oxygen atoms in total. The lowest BCUT2D eigenvalue weighted by molar-refractivity contribution is 0.223. The van der Waals surface area contributed by atoms with Gasteiger partial charge in [0, 0.05) is 11.6 Å². The number of halogens is 1. The summed E-state index contributed by atoms with van der Waals surface area (Å²) in [5.41, 5.74) is 0. The Bertz CT molecular complexity index is 90.6. The SMILES string of the molecule is CCCCCCSC[C@@H](O)CCl. The summed E-state index contributed by atoms with van der Waals surface area (Å²) in [5, 5.41) is 9.11. The fourth-order valence-corrected chi connectivity index (χ4v) is 2.10. The zero-order chi connectivity index (χ0) is 9.23. The van der Waals surface area contributed by atoms with Gasteiger partial charge in [-0.3, -0.25) is 0 Å². The molecule has 0 heterocycles. The predicted octanol–water partition coefficient (Wildman–Crippen LogP) is 2.90. The fraction of sp³-hybridized carbons (Fsp3) is 1.00. The molecule has 0 unspecified atom stereocenters. The van der Waals surface area contributed by atoms with Gasteiger partial charge < -0.3 is 5.11 Å². The molecule has 0 aromatic rings. The molecular formula is C9H19ClOS. The van der Waals surface area contributed by atoms with E-state index in [-0.39, 0.29) is 6.10 Å². The molecule has 74 valence electrons. The van der Waals surface area contributed by atoms with Crippen LogP contribution in [0.4, 0.5) is 0 Å². The maximum atomic E-state index is 9.11. The summed E-state index contributed by atoms with van der Waals surface area (Å²) < 4.78 is 0. The van der Waals surface area contributed by atoms with E-state index in [1.807, 2.05) is 0 Å². The van der Waals surface area contributed by atoms with Gasteiger partial charge in [-0.2, -0.15) is 11.8 Å². The lowest BCUT2D eigenvalue weighted by Crippen LogP contribution is -2.11. The van der Waals surface area contributed by atoms with Crippen LogP contribution in [0.5, 0.6) is 0 Å². The zero-order valence-electron chi connectivity index (χ0n) is 7.76. The van der Waals surface area contributed by atoms with Crippen LogP contribution in [0.1, 0.15) is 32.6 Å². The Morgan fingerprint density at radius 3 is 2.67 bits per heavy atom. The maximum absolute atomic E-state index is 9.11. The zero-order valence-corrected chi connectivity index (χ0v) is 9.33. The molecule has 3 heteroatoms. The third-order valence-corrected chi connectivity index (χ3v) is 3.18. The number of hydrogen-bond donors (Lipinski definition) is 1. The molecule has 1 N–H and O–H groups in total. The van der Waals surface area contributed by atoms with Crippen LogP contribution >= 0.6 is 23.4 Å². The van der Waals surface area contributed by atoms with Gasteiger partial charge in [0.15, 0.2) is 0 Å². The first-order chi connectivity index (χ1) is 5.81. The highest BCUT2D eigenvalue weighted by atomic mass is 35.5. The molecule has 0 fully saturated rings. The van der Waals surface area contributed by atoms with Crippen molar-refractivity contribution in [1.29, 1.82) is 0 Å². The van der Waals surface area contributed by atoms with Gasteiger partial charge in [0.05, 0.1) is 6.10 Å². The van der Waals surface area contributed by atoms with Crippen molar-refractivity contribution in [2.75, 3.05) is 17.4 Å². The molecule has 12 heavy (non-hydrogen) atoms. The van der Waals surface area contributed by atoms with Crippen molar-refractivity contribution >= 4 is 23.4 Å². The Morgan fingerprint density at radius 1 is 1.33 bits per heavy atom. The second-order valence-electron chi connectivity index (χ2n) is 2.94. The molecule has 0 aliphatic heterocycles. The summed E-state index contributed by atoms with van der Waals surface area (Å²) >= 11 is 7.25. The number of unbranched alkanes of at least 4 members (excludes halogenated alkanes) is 3. The van der Waals surface area contributed by atoms with Crippen molar-refractivity contribution in [2.45, 2.75) is 38.7 Å². The van der Waals surface area contributed by atoms with Gasteiger partial charge in [-0.15, -0.1) is 11.6 Å². The number of aliphatic hydroxyl groups excluding tert-OH is 1. The summed E-state index contributed by atoms with van der Waals surface area (Å²) in [6.07, 6.45) is 4.89. The van der Waals surface area contributed by atoms with Gasteiger partial charge in [-0.25, -0.2) is 0 Å². The Labute approximate surface area is 84.9 Å². The predicted molar refractivity (Wildman–Crippen MR) is 58.2 cm³/mol. The van der Waals surface area contributed by atoms with Crippen LogP contribution in [0.2, 0.25) is 0 Å². The van der Waals surface area contributed by atoms with Crippen LogP contribution in [0.15, 0.2) is 0 Å². The van der Waals surface area contributed by atoms with Gasteiger partial charge in [0.2, 0.25) is 0 Å². The highest BCUT2D eigenvalue weighted by Gasteiger charge is 2.00. The van der Waals surface area contributed by atoms with Crippen LogP contribution in [0.3, 0.4) is 0 Å². The van der Waals surface area contributed by atoms with E-state index in [0.717, 1.165) is 11.5 Å². The van der Waals surface area contributed by atoms with Crippen molar-refractivity contribution in [3.05, 3.63) is 0 Å². The van der Waals surface area contributed by atoms with E-state index >= 15 is 0 Å². The minimum Gasteiger partial charge on any atom is -0.391 e. The Kier molecular flexibility index (Phi) is 10.2. The van der Waals surface area contributed by atoms with Crippen molar-refractivity contribution < 1.29 is 5.11 Å². The average molecular weight is 211 g/mol. The van der Waals surface area contributed by atoms with Gasteiger partial charge in [0.25, 0.3) is 0 Å². The van der Waals surface area contributed by atoms with E-state index in [9.17, 15) is 0 Å². The van der Waals surface area contributed by atoms with Gasteiger partial charge >= 0.3 is 0 Å². The average Bonchev–Trinajstić information content (AvgIpc) is 2.10. The molecule has 0 aromatic carbocycles. The van der Waals surface area contributed by atoms with Crippen LogP contribution in [0, 0.1) is 0 Å². The van der Waals surface area contributed by atoms with E-state index in [1.54, 1.807) is 11.8 Å². The number of aliphatic hydroxyl groups is 1. The first-order valence-corrected chi connectivity index (χ1v) is 6.32. The summed E-state index contributed by atoms with van der Waals surface area (Å²) in [5.74, 6) is 2.31. The smallest absolute Gasteiger partial charge is 0.0765 e. The quantitative estimate of drug-likeness (QED) is 0.491. The minimum atomic E-state index is -0.317. The molecule has 0 aliphatic rings. The second-order valence-corrected chi connectivity index (χ2v) is 4.40. The molecule has 0 spiro atoms. The molecule has 0 saturated heterocycles. The summed E-state index contributed by atoms with van der Waals surface area (Å²) in [7, 11) is 0. The maximum Gasteiger partial charge on any atom is 0.0765 e. The Balaban J connectivity index is 2.90. The van der Waals surface area contributed by atoms with Crippen LogP contribution < -0.4 is 0 Å². The third-order valence-electron chi connectivity index (χ3n) is 1.63. The number of hydrogen-bond acceptors (Lipinski definition) is 2. The molecule has 0 amide bonds. The highest BCUT2D eigenvalue weighted by molar-refractivity contribution is 7.99. The first kappa shape index (κ1) is 12.6. The summed E-state index contributed by atoms with van der Waals surface area (Å²) in [6, 6.07) is 0. The van der Waals surface area contributed by atoms with E-state index < -0.39 is 0 Å². The van der Waals surface area contributed by atoms with E-state index in [1.165, 1.54) is 25.7 Å². The molecule has 0 bridgehead atoms. The van der Waals surface area contributed by atoms with E-state index in [2.05, 4.69) is 6.92 Å². The molecule has 0 rings (SSSR count). The van der Waals surface area contributed by atoms with Gasteiger partial charge in [-0.1, -0.05) is 26.2 Å². The Hall–Kier alpha value is 0.600. The molecule has 1 atom stereocenters. The molecule has 0 aromatic heterocycles. The van der Waals surface area contributed by atoms with Crippen LogP contribution in [-0.4, -0.2) is 28.6 Å². The van der Waals surface area contributed by atoms with Crippen molar-refractivity contribution in [3.63, 3.8) is 0 Å². The fourth-order valence-electron chi connectivity index (χ4n) is 0.895. The largest absolute Gasteiger partial charge is 0.391 e. The molecular weight excluding hydrogens is 192 g/mol.